The lowest BCUT2D eigenvalue weighted by Crippen LogP contribution is -2.46. The number of fused-ring (bicyclic) bond motifs is 1. The molecule has 0 unspecified atom stereocenters. The number of rotatable bonds is 6. The molecule has 0 aliphatic carbocycles. The SMILES string of the molecule is O=C(NCc1ccccc1)c1cccc(N2CCN(Cc3ccc4c(c3)OCO4)CC2)n1. The highest BCUT2D eigenvalue weighted by Gasteiger charge is 2.20. The van der Waals surface area contributed by atoms with E-state index < -0.39 is 0 Å². The number of nitrogens with zero attached hydrogens (tertiary/aromatic N) is 3. The number of hydrogen-bond acceptors (Lipinski definition) is 6. The van der Waals surface area contributed by atoms with Crippen molar-refractivity contribution in [1.29, 1.82) is 0 Å². The van der Waals surface area contributed by atoms with Gasteiger partial charge in [0.1, 0.15) is 11.5 Å². The smallest absolute Gasteiger partial charge is 0.270 e. The van der Waals surface area contributed by atoms with Crippen LogP contribution in [-0.2, 0) is 13.1 Å². The lowest BCUT2D eigenvalue weighted by atomic mass is 10.1. The van der Waals surface area contributed by atoms with Crippen molar-refractivity contribution in [3.8, 4) is 11.5 Å². The summed E-state index contributed by atoms with van der Waals surface area (Å²) in [5.41, 5.74) is 2.73. The van der Waals surface area contributed by atoms with Crippen LogP contribution in [0.3, 0.4) is 0 Å². The van der Waals surface area contributed by atoms with E-state index >= 15 is 0 Å². The fourth-order valence-corrected chi connectivity index (χ4v) is 4.03. The molecule has 1 saturated heterocycles. The summed E-state index contributed by atoms with van der Waals surface area (Å²) in [5, 5.41) is 2.95. The third-order valence-electron chi connectivity index (χ3n) is 5.80. The minimum Gasteiger partial charge on any atom is -0.454 e. The maximum Gasteiger partial charge on any atom is 0.270 e. The summed E-state index contributed by atoms with van der Waals surface area (Å²) in [7, 11) is 0. The molecule has 0 bridgehead atoms. The molecule has 164 valence electrons. The van der Waals surface area contributed by atoms with E-state index in [2.05, 4.69) is 32.2 Å². The van der Waals surface area contributed by atoms with E-state index in [0.29, 0.717) is 19.0 Å². The fraction of sp³-hybridized carbons (Fsp3) is 0.280. The van der Waals surface area contributed by atoms with Gasteiger partial charge >= 0.3 is 0 Å². The van der Waals surface area contributed by atoms with E-state index in [4.69, 9.17) is 9.47 Å². The number of nitrogens with one attached hydrogen (secondary N) is 1. The molecule has 0 radical (unpaired) electrons. The second kappa shape index (κ2) is 9.28. The first-order chi connectivity index (χ1) is 15.7. The van der Waals surface area contributed by atoms with Gasteiger partial charge in [-0.1, -0.05) is 42.5 Å². The average Bonchev–Trinajstić information content (AvgIpc) is 3.32. The van der Waals surface area contributed by atoms with Crippen LogP contribution in [0.1, 0.15) is 21.6 Å². The van der Waals surface area contributed by atoms with Gasteiger partial charge in [0.25, 0.3) is 5.91 Å². The highest BCUT2D eigenvalue weighted by molar-refractivity contribution is 5.92. The molecule has 7 heteroatoms. The van der Waals surface area contributed by atoms with Crippen molar-refractivity contribution in [2.75, 3.05) is 37.9 Å². The standard InChI is InChI=1S/C25H26N4O3/c30-25(26-16-19-5-2-1-3-6-19)21-7-4-8-24(27-21)29-13-11-28(12-14-29)17-20-9-10-22-23(15-20)32-18-31-22/h1-10,15H,11-14,16-18H2,(H,26,30). The van der Waals surface area contributed by atoms with Gasteiger partial charge in [0.2, 0.25) is 6.79 Å². The van der Waals surface area contributed by atoms with Gasteiger partial charge < -0.3 is 19.7 Å². The molecular weight excluding hydrogens is 404 g/mol. The molecule has 1 N–H and O–H groups in total. The van der Waals surface area contributed by atoms with E-state index in [1.54, 1.807) is 6.07 Å². The molecule has 1 fully saturated rings. The van der Waals surface area contributed by atoms with Gasteiger partial charge in [-0.2, -0.15) is 0 Å². The highest BCUT2D eigenvalue weighted by atomic mass is 16.7. The van der Waals surface area contributed by atoms with Gasteiger partial charge in [-0.25, -0.2) is 4.98 Å². The van der Waals surface area contributed by atoms with E-state index in [9.17, 15) is 4.79 Å². The number of pyridine rings is 1. The fourth-order valence-electron chi connectivity index (χ4n) is 4.03. The number of aromatic nitrogens is 1. The second-order valence-corrected chi connectivity index (χ2v) is 8.00. The summed E-state index contributed by atoms with van der Waals surface area (Å²) < 4.78 is 10.9. The van der Waals surface area contributed by atoms with E-state index in [-0.39, 0.29) is 5.91 Å². The number of carbonyl (C=O) groups excluding carboxylic acids is 1. The zero-order valence-electron chi connectivity index (χ0n) is 17.9. The molecule has 0 atom stereocenters. The third kappa shape index (κ3) is 4.68. The Hall–Kier alpha value is -3.58. The van der Waals surface area contributed by atoms with Crippen LogP contribution in [-0.4, -0.2) is 48.8 Å². The molecule has 7 nitrogen and oxygen atoms in total. The molecule has 3 heterocycles. The Morgan fingerprint density at radius 1 is 0.875 bits per heavy atom. The lowest BCUT2D eigenvalue weighted by molar-refractivity contribution is 0.0946. The molecule has 2 aliphatic heterocycles. The Morgan fingerprint density at radius 2 is 1.69 bits per heavy atom. The predicted octanol–water partition coefficient (Wildman–Crippen LogP) is 3.06. The molecule has 5 rings (SSSR count). The Bertz CT molecular complexity index is 1080. The number of carbonyl (C=O) groups is 1. The molecule has 2 aliphatic rings. The largest absolute Gasteiger partial charge is 0.454 e. The van der Waals surface area contributed by atoms with Gasteiger partial charge in [-0.15, -0.1) is 0 Å². The molecule has 1 amide bonds. The van der Waals surface area contributed by atoms with Crippen LogP contribution < -0.4 is 19.7 Å². The molecule has 1 aromatic heterocycles. The molecule has 2 aromatic carbocycles. The number of amides is 1. The Balaban J connectivity index is 1.15. The monoisotopic (exact) mass is 430 g/mol. The Morgan fingerprint density at radius 3 is 2.53 bits per heavy atom. The quantitative estimate of drug-likeness (QED) is 0.648. The minimum absolute atomic E-state index is 0.155. The van der Waals surface area contributed by atoms with E-state index in [1.165, 1.54) is 5.56 Å². The summed E-state index contributed by atoms with van der Waals surface area (Å²) in [6.45, 7) is 5.26. The summed E-state index contributed by atoms with van der Waals surface area (Å²) in [6, 6.07) is 21.7. The maximum absolute atomic E-state index is 12.6. The molecular formula is C25H26N4O3. The van der Waals surface area contributed by atoms with Crippen LogP contribution in [0, 0.1) is 0 Å². The van der Waals surface area contributed by atoms with Crippen molar-refractivity contribution in [1.82, 2.24) is 15.2 Å². The van der Waals surface area contributed by atoms with Gasteiger partial charge in [0.15, 0.2) is 11.5 Å². The van der Waals surface area contributed by atoms with E-state index in [0.717, 1.165) is 55.6 Å². The van der Waals surface area contributed by atoms with Crippen LogP contribution in [0.15, 0.2) is 66.7 Å². The topological polar surface area (TPSA) is 66.9 Å². The van der Waals surface area contributed by atoms with Crippen molar-refractivity contribution >= 4 is 11.7 Å². The Kier molecular flexibility index (Phi) is 5.89. The second-order valence-electron chi connectivity index (χ2n) is 8.00. The summed E-state index contributed by atoms with van der Waals surface area (Å²) >= 11 is 0. The highest BCUT2D eigenvalue weighted by Crippen LogP contribution is 2.32. The van der Waals surface area contributed by atoms with Crippen molar-refractivity contribution in [3.63, 3.8) is 0 Å². The number of benzene rings is 2. The predicted molar refractivity (Wildman–Crippen MR) is 122 cm³/mol. The molecule has 0 spiro atoms. The van der Waals surface area contributed by atoms with Crippen LogP contribution in [0.25, 0.3) is 0 Å². The van der Waals surface area contributed by atoms with Crippen LogP contribution in [0.2, 0.25) is 0 Å². The van der Waals surface area contributed by atoms with Gasteiger partial charge in [-0.3, -0.25) is 9.69 Å². The van der Waals surface area contributed by atoms with Crippen molar-refractivity contribution in [2.24, 2.45) is 0 Å². The maximum atomic E-state index is 12.6. The zero-order valence-corrected chi connectivity index (χ0v) is 17.9. The average molecular weight is 431 g/mol. The number of piperazine rings is 1. The minimum atomic E-state index is -0.155. The lowest BCUT2D eigenvalue weighted by Gasteiger charge is -2.35. The number of hydrogen-bond donors (Lipinski definition) is 1. The summed E-state index contributed by atoms with van der Waals surface area (Å²) in [4.78, 5) is 21.9. The number of anilines is 1. The zero-order chi connectivity index (χ0) is 21.8. The van der Waals surface area contributed by atoms with Crippen LogP contribution in [0.5, 0.6) is 11.5 Å². The molecule has 32 heavy (non-hydrogen) atoms. The van der Waals surface area contributed by atoms with Crippen LogP contribution >= 0.6 is 0 Å². The molecule has 3 aromatic rings. The molecule has 0 saturated carbocycles. The van der Waals surface area contributed by atoms with Gasteiger partial charge in [0.05, 0.1) is 0 Å². The first-order valence-electron chi connectivity index (χ1n) is 10.9. The van der Waals surface area contributed by atoms with Crippen molar-refractivity contribution in [2.45, 2.75) is 13.1 Å². The number of ether oxygens (including phenoxy) is 2. The first kappa shape index (κ1) is 20.3. The van der Waals surface area contributed by atoms with Crippen molar-refractivity contribution < 1.29 is 14.3 Å². The van der Waals surface area contributed by atoms with Crippen molar-refractivity contribution in [3.05, 3.63) is 83.6 Å². The van der Waals surface area contributed by atoms with Crippen LogP contribution in [0.4, 0.5) is 5.82 Å². The normalized spacial score (nSPS) is 15.6. The summed E-state index contributed by atoms with van der Waals surface area (Å²) in [6.07, 6.45) is 0. The summed E-state index contributed by atoms with van der Waals surface area (Å²) in [5.74, 6) is 2.34. The van der Waals surface area contributed by atoms with E-state index in [1.807, 2.05) is 48.5 Å². The Labute approximate surface area is 187 Å². The van der Waals surface area contributed by atoms with Gasteiger partial charge in [0, 0.05) is 39.3 Å². The van der Waals surface area contributed by atoms with Gasteiger partial charge in [-0.05, 0) is 35.4 Å². The first-order valence-corrected chi connectivity index (χ1v) is 10.9. The third-order valence-corrected chi connectivity index (χ3v) is 5.80.